The van der Waals surface area contributed by atoms with Gasteiger partial charge in [-0.2, -0.15) is 0 Å². The lowest BCUT2D eigenvalue weighted by atomic mass is 10.1. The van der Waals surface area contributed by atoms with Crippen molar-refractivity contribution in [1.29, 1.82) is 0 Å². The maximum atomic E-state index is 13.5. The van der Waals surface area contributed by atoms with Crippen molar-refractivity contribution in [1.82, 2.24) is 0 Å². The summed E-state index contributed by atoms with van der Waals surface area (Å²) in [7, 11) is -1.58. The molecule has 104 valence electrons. The Labute approximate surface area is 117 Å². The van der Waals surface area contributed by atoms with Gasteiger partial charge >= 0.3 is 0 Å². The zero-order valence-electron chi connectivity index (χ0n) is 10.7. The number of Topliss-reactive ketones (excluding diaryl/α,β-unsaturated/α-hetero) is 1. The second-order valence-corrected chi connectivity index (χ2v) is 5.80. The summed E-state index contributed by atoms with van der Waals surface area (Å²) >= 11 is 0. The van der Waals surface area contributed by atoms with Crippen LogP contribution in [0.1, 0.15) is 15.9 Å². The Kier molecular flexibility index (Phi) is 4.39. The number of carbonyl (C=O) groups excluding carboxylic acids is 1. The maximum absolute atomic E-state index is 13.5. The highest BCUT2D eigenvalue weighted by atomic mass is 32.2. The van der Waals surface area contributed by atoms with E-state index in [1.54, 1.807) is 18.2 Å². The van der Waals surface area contributed by atoms with E-state index >= 15 is 0 Å². The van der Waals surface area contributed by atoms with E-state index in [4.69, 9.17) is 0 Å². The number of aryl methyl sites for hydroxylation is 1. The van der Waals surface area contributed by atoms with Crippen LogP contribution in [0, 0.1) is 18.6 Å². The van der Waals surface area contributed by atoms with Crippen molar-refractivity contribution >= 4 is 16.6 Å². The van der Waals surface area contributed by atoms with Gasteiger partial charge in [-0.15, -0.1) is 0 Å². The Morgan fingerprint density at radius 1 is 1.15 bits per heavy atom. The van der Waals surface area contributed by atoms with E-state index in [0.29, 0.717) is 4.90 Å². The summed E-state index contributed by atoms with van der Waals surface area (Å²) in [6.07, 6.45) is 0. The minimum atomic E-state index is -1.58. The highest BCUT2D eigenvalue weighted by Crippen LogP contribution is 2.14. The van der Waals surface area contributed by atoms with E-state index in [1.165, 1.54) is 0 Å². The smallest absolute Gasteiger partial charge is 0.178 e. The molecular formula is C15H12F2O2S. The zero-order valence-corrected chi connectivity index (χ0v) is 11.5. The molecule has 0 N–H and O–H groups in total. The van der Waals surface area contributed by atoms with Gasteiger partial charge in [0, 0.05) is 4.90 Å². The molecule has 2 aromatic rings. The first-order valence-corrected chi connectivity index (χ1v) is 7.22. The summed E-state index contributed by atoms with van der Waals surface area (Å²) in [4.78, 5) is 12.4. The molecule has 0 fully saturated rings. The zero-order chi connectivity index (χ0) is 14.7. The third-order valence-electron chi connectivity index (χ3n) is 2.74. The van der Waals surface area contributed by atoms with Crippen LogP contribution in [0.2, 0.25) is 0 Å². The molecule has 0 aliphatic carbocycles. The van der Waals surface area contributed by atoms with Crippen molar-refractivity contribution in [3.63, 3.8) is 0 Å². The van der Waals surface area contributed by atoms with Gasteiger partial charge in [-0.05, 0) is 42.8 Å². The van der Waals surface area contributed by atoms with Crippen LogP contribution in [0.25, 0.3) is 0 Å². The van der Waals surface area contributed by atoms with E-state index in [2.05, 4.69) is 0 Å². The fraction of sp³-hybridized carbons (Fsp3) is 0.133. The minimum Gasteiger partial charge on any atom is -0.293 e. The molecular weight excluding hydrogens is 282 g/mol. The van der Waals surface area contributed by atoms with Gasteiger partial charge in [-0.25, -0.2) is 8.78 Å². The number of halogens is 2. The molecule has 1 atom stereocenters. The molecule has 0 saturated carbocycles. The molecule has 20 heavy (non-hydrogen) atoms. The Hall–Kier alpha value is -1.88. The molecule has 0 saturated heterocycles. The molecule has 2 nitrogen and oxygen atoms in total. The van der Waals surface area contributed by atoms with Gasteiger partial charge in [-0.1, -0.05) is 12.1 Å². The molecule has 0 heterocycles. The molecule has 1 unspecified atom stereocenters. The first-order valence-electron chi connectivity index (χ1n) is 5.90. The molecule has 0 spiro atoms. The van der Waals surface area contributed by atoms with Crippen LogP contribution in [0.3, 0.4) is 0 Å². The highest BCUT2D eigenvalue weighted by molar-refractivity contribution is 7.85. The standard InChI is InChI=1S/C15H12F2O2S/c1-10-3-2-4-12(7-10)20(19)9-15(18)13-8-11(16)5-6-14(13)17/h2-8H,9H2,1H3. The molecule has 2 aromatic carbocycles. The van der Waals surface area contributed by atoms with Crippen LogP contribution in [0.4, 0.5) is 8.78 Å². The number of benzene rings is 2. The Morgan fingerprint density at radius 2 is 1.90 bits per heavy atom. The SMILES string of the molecule is Cc1cccc(S(=O)CC(=O)c2cc(F)ccc2F)c1. The maximum Gasteiger partial charge on any atom is 0.178 e. The van der Waals surface area contributed by atoms with E-state index in [-0.39, 0.29) is 11.3 Å². The summed E-state index contributed by atoms with van der Waals surface area (Å²) < 4.78 is 38.5. The van der Waals surface area contributed by atoms with Gasteiger partial charge in [0.05, 0.1) is 22.1 Å². The normalized spacial score (nSPS) is 12.2. The van der Waals surface area contributed by atoms with Gasteiger partial charge in [-0.3, -0.25) is 9.00 Å². The van der Waals surface area contributed by atoms with Crippen molar-refractivity contribution in [2.24, 2.45) is 0 Å². The van der Waals surface area contributed by atoms with Crippen molar-refractivity contribution in [2.45, 2.75) is 11.8 Å². The van der Waals surface area contributed by atoms with Gasteiger partial charge in [0.1, 0.15) is 11.6 Å². The molecule has 0 amide bonds. The number of hydrogen-bond donors (Lipinski definition) is 0. The summed E-state index contributed by atoms with van der Waals surface area (Å²) in [6, 6.07) is 9.56. The van der Waals surface area contributed by atoms with E-state index < -0.39 is 28.2 Å². The Morgan fingerprint density at radius 3 is 2.60 bits per heavy atom. The molecule has 0 aromatic heterocycles. The summed E-state index contributed by atoms with van der Waals surface area (Å²) in [6.45, 7) is 1.84. The Balaban J connectivity index is 2.19. The molecule has 0 aliphatic heterocycles. The van der Waals surface area contributed by atoms with Gasteiger partial charge in [0.15, 0.2) is 5.78 Å². The van der Waals surface area contributed by atoms with Crippen LogP contribution in [-0.4, -0.2) is 15.7 Å². The topological polar surface area (TPSA) is 34.1 Å². The summed E-state index contributed by atoms with van der Waals surface area (Å²) in [5.74, 6) is -2.56. The third kappa shape index (κ3) is 3.36. The summed E-state index contributed by atoms with van der Waals surface area (Å²) in [5, 5.41) is 0. The second kappa shape index (κ2) is 6.05. The molecule has 0 bridgehead atoms. The molecule has 2 rings (SSSR count). The van der Waals surface area contributed by atoms with Crippen LogP contribution < -0.4 is 0 Å². The van der Waals surface area contributed by atoms with Gasteiger partial charge < -0.3 is 0 Å². The first kappa shape index (κ1) is 14.5. The third-order valence-corrected chi connectivity index (χ3v) is 4.05. The predicted molar refractivity (Wildman–Crippen MR) is 73.1 cm³/mol. The molecule has 0 aliphatic rings. The lowest BCUT2D eigenvalue weighted by molar-refractivity contribution is 0.101. The number of ketones is 1. The van der Waals surface area contributed by atoms with Crippen molar-refractivity contribution in [3.05, 3.63) is 65.2 Å². The number of rotatable bonds is 4. The predicted octanol–water partition coefficient (Wildman–Crippen LogP) is 3.26. The van der Waals surface area contributed by atoms with E-state index in [9.17, 15) is 17.8 Å². The lowest BCUT2D eigenvalue weighted by Gasteiger charge is -2.04. The average Bonchev–Trinajstić information content (AvgIpc) is 2.41. The number of carbonyl (C=O) groups is 1. The average molecular weight is 294 g/mol. The molecule has 5 heteroatoms. The summed E-state index contributed by atoms with van der Waals surface area (Å²) in [5.41, 5.74) is 0.547. The van der Waals surface area contributed by atoms with Crippen LogP contribution >= 0.6 is 0 Å². The van der Waals surface area contributed by atoms with Crippen molar-refractivity contribution in [3.8, 4) is 0 Å². The minimum absolute atomic E-state index is 0.369. The fourth-order valence-electron chi connectivity index (χ4n) is 1.75. The van der Waals surface area contributed by atoms with E-state index in [1.807, 2.05) is 13.0 Å². The van der Waals surface area contributed by atoms with Crippen LogP contribution in [0.5, 0.6) is 0 Å². The molecule has 0 radical (unpaired) electrons. The van der Waals surface area contributed by atoms with Crippen LogP contribution in [0.15, 0.2) is 47.4 Å². The first-order chi connectivity index (χ1) is 9.47. The van der Waals surface area contributed by atoms with E-state index in [0.717, 1.165) is 23.8 Å². The number of hydrogen-bond acceptors (Lipinski definition) is 2. The Bertz CT molecular complexity index is 683. The van der Waals surface area contributed by atoms with Crippen LogP contribution in [-0.2, 0) is 10.8 Å². The van der Waals surface area contributed by atoms with Gasteiger partial charge in [0.2, 0.25) is 0 Å². The second-order valence-electron chi connectivity index (χ2n) is 4.35. The van der Waals surface area contributed by atoms with Crippen molar-refractivity contribution < 1.29 is 17.8 Å². The monoisotopic (exact) mass is 294 g/mol. The van der Waals surface area contributed by atoms with Crippen molar-refractivity contribution in [2.75, 3.05) is 5.75 Å². The fourth-order valence-corrected chi connectivity index (χ4v) is 2.86. The van der Waals surface area contributed by atoms with Gasteiger partial charge in [0.25, 0.3) is 0 Å². The quantitative estimate of drug-likeness (QED) is 0.811. The lowest BCUT2D eigenvalue weighted by Crippen LogP contribution is -2.13. The highest BCUT2D eigenvalue weighted by Gasteiger charge is 2.16. The largest absolute Gasteiger partial charge is 0.293 e.